The number of carbonyl (C=O) groups is 1. The van der Waals surface area contributed by atoms with E-state index in [1.165, 1.54) is 7.11 Å². The fourth-order valence-corrected chi connectivity index (χ4v) is 5.44. The van der Waals surface area contributed by atoms with Gasteiger partial charge in [0.2, 0.25) is 0 Å². The van der Waals surface area contributed by atoms with Gasteiger partial charge in [0.05, 0.1) is 23.3 Å². The Morgan fingerprint density at radius 2 is 1.50 bits per heavy atom. The fourth-order valence-electron chi connectivity index (χ4n) is 4.37. The van der Waals surface area contributed by atoms with Gasteiger partial charge >= 0.3 is 5.97 Å². The van der Waals surface area contributed by atoms with Crippen molar-refractivity contribution in [3.8, 4) is 16.9 Å². The highest BCUT2D eigenvalue weighted by molar-refractivity contribution is 7.92. The number of aryl methyl sites for hydroxylation is 1. The average molecular weight is 498 g/mol. The van der Waals surface area contributed by atoms with Crippen molar-refractivity contribution in [2.75, 3.05) is 11.8 Å². The van der Waals surface area contributed by atoms with Crippen LogP contribution in [0.15, 0.2) is 95.9 Å². The number of anilines is 1. The molecule has 6 nitrogen and oxygen atoms in total. The molecule has 0 radical (unpaired) electrons. The molecule has 36 heavy (non-hydrogen) atoms. The van der Waals surface area contributed by atoms with Crippen LogP contribution >= 0.6 is 0 Å². The highest BCUT2D eigenvalue weighted by Gasteiger charge is 2.22. The second-order valence-corrected chi connectivity index (χ2v) is 10.2. The highest BCUT2D eigenvalue weighted by Crippen LogP contribution is 2.44. The molecule has 180 valence electrons. The number of carbonyl (C=O) groups excluding carboxylic acids is 1. The maximum Gasteiger partial charge on any atom is 0.337 e. The number of ether oxygens (including phenoxy) is 1. The summed E-state index contributed by atoms with van der Waals surface area (Å²) in [5, 5.41) is 14.1. The summed E-state index contributed by atoms with van der Waals surface area (Å²) in [6.45, 7) is 1.89. The van der Waals surface area contributed by atoms with Gasteiger partial charge in [0, 0.05) is 11.1 Å². The fraction of sp³-hybridized carbons (Fsp3) is 0.0690. The van der Waals surface area contributed by atoms with Gasteiger partial charge in [-0.25, -0.2) is 13.2 Å². The molecule has 0 fully saturated rings. The van der Waals surface area contributed by atoms with E-state index in [-0.39, 0.29) is 10.6 Å². The number of fused-ring (bicyclic) bond motifs is 2. The predicted molar refractivity (Wildman–Crippen MR) is 142 cm³/mol. The molecule has 0 heterocycles. The van der Waals surface area contributed by atoms with Crippen molar-refractivity contribution in [1.82, 2.24) is 0 Å². The van der Waals surface area contributed by atoms with Gasteiger partial charge in [-0.05, 0) is 64.9 Å². The van der Waals surface area contributed by atoms with Gasteiger partial charge in [-0.2, -0.15) is 0 Å². The van der Waals surface area contributed by atoms with Gasteiger partial charge in [-0.1, -0.05) is 60.2 Å². The van der Waals surface area contributed by atoms with Crippen LogP contribution in [0.3, 0.4) is 0 Å². The lowest BCUT2D eigenvalue weighted by atomic mass is 9.91. The Balaban J connectivity index is 1.77. The second-order valence-electron chi connectivity index (χ2n) is 8.51. The van der Waals surface area contributed by atoms with E-state index in [0.29, 0.717) is 33.2 Å². The minimum absolute atomic E-state index is 0.0135. The summed E-state index contributed by atoms with van der Waals surface area (Å²) in [5.41, 5.74) is 2.65. The summed E-state index contributed by atoms with van der Waals surface area (Å²) < 4.78 is 34.2. The highest BCUT2D eigenvalue weighted by atomic mass is 32.2. The Labute approximate surface area is 208 Å². The van der Waals surface area contributed by atoms with Crippen molar-refractivity contribution in [3.05, 3.63) is 102 Å². The molecule has 0 amide bonds. The number of rotatable bonds is 5. The van der Waals surface area contributed by atoms with E-state index in [0.717, 1.165) is 16.3 Å². The van der Waals surface area contributed by atoms with Crippen LogP contribution in [0.2, 0.25) is 0 Å². The van der Waals surface area contributed by atoms with Crippen LogP contribution in [0.1, 0.15) is 15.9 Å². The molecule has 5 aromatic rings. The smallest absolute Gasteiger partial charge is 0.337 e. The summed E-state index contributed by atoms with van der Waals surface area (Å²) in [5.74, 6) is -0.483. The average Bonchev–Trinajstić information content (AvgIpc) is 2.88. The number of hydrogen-bond donors (Lipinski definition) is 2. The summed E-state index contributed by atoms with van der Waals surface area (Å²) >= 11 is 0. The number of hydrogen-bond acceptors (Lipinski definition) is 5. The van der Waals surface area contributed by atoms with Crippen LogP contribution in [0.25, 0.3) is 32.7 Å². The number of benzene rings is 5. The van der Waals surface area contributed by atoms with Crippen molar-refractivity contribution in [2.45, 2.75) is 11.8 Å². The topological polar surface area (TPSA) is 92.7 Å². The molecule has 0 aliphatic heterocycles. The molecule has 7 heteroatoms. The SMILES string of the molecule is COC(=O)c1ccc2c(-c3c(NS(=O)(=O)c4ccc(C)cc4)ccc4ccccc34)c(O)ccc2c1. The number of esters is 1. The van der Waals surface area contributed by atoms with Gasteiger partial charge < -0.3 is 9.84 Å². The standard InChI is InChI=1S/C29H23NO5S/c1-18-7-12-22(13-8-18)36(33,34)30-25-15-10-19-5-3-4-6-23(19)27(25)28-24-14-9-21(29(32)35-2)17-20(24)11-16-26(28)31/h3-17,30-31H,1-2H3. The van der Waals surface area contributed by atoms with Crippen molar-refractivity contribution in [1.29, 1.82) is 0 Å². The van der Waals surface area contributed by atoms with E-state index in [9.17, 15) is 18.3 Å². The zero-order chi connectivity index (χ0) is 25.4. The van der Waals surface area contributed by atoms with Crippen LogP contribution < -0.4 is 4.72 Å². The third-order valence-corrected chi connectivity index (χ3v) is 7.55. The van der Waals surface area contributed by atoms with E-state index in [2.05, 4.69) is 4.72 Å². The lowest BCUT2D eigenvalue weighted by Crippen LogP contribution is -2.13. The van der Waals surface area contributed by atoms with Crippen LogP contribution in [-0.4, -0.2) is 26.6 Å². The normalized spacial score (nSPS) is 11.5. The quantitative estimate of drug-likeness (QED) is 0.280. The van der Waals surface area contributed by atoms with Crippen molar-refractivity contribution < 1.29 is 23.1 Å². The molecule has 0 bridgehead atoms. The minimum atomic E-state index is -3.91. The number of aromatic hydroxyl groups is 1. The van der Waals surface area contributed by atoms with E-state index in [1.807, 2.05) is 37.3 Å². The van der Waals surface area contributed by atoms with Crippen molar-refractivity contribution in [3.63, 3.8) is 0 Å². The molecule has 0 saturated heterocycles. The zero-order valence-electron chi connectivity index (χ0n) is 19.6. The Morgan fingerprint density at radius 1 is 0.806 bits per heavy atom. The first kappa shape index (κ1) is 23.4. The van der Waals surface area contributed by atoms with E-state index in [1.54, 1.807) is 60.7 Å². The first-order valence-electron chi connectivity index (χ1n) is 11.2. The molecule has 0 aliphatic rings. The van der Waals surface area contributed by atoms with Gasteiger partial charge in [0.1, 0.15) is 5.75 Å². The monoisotopic (exact) mass is 497 g/mol. The lowest BCUT2D eigenvalue weighted by molar-refractivity contribution is 0.0601. The first-order chi connectivity index (χ1) is 17.3. The molecule has 0 aromatic heterocycles. The zero-order valence-corrected chi connectivity index (χ0v) is 20.5. The van der Waals surface area contributed by atoms with Crippen LogP contribution in [0.4, 0.5) is 5.69 Å². The number of methoxy groups -OCH3 is 1. The Hall–Kier alpha value is -4.36. The minimum Gasteiger partial charge on any atom is -0.507 e. The molecule has 5 aromatic carbocycles. The molecule has 0 saturated carbocycles. The van der Waals surface area contributed by atoms with Crippen molar-refractivity contribution >= 4 is 43.2 Å². The molecule has 0 atom stereocenters. The number of nitrogens with one attached hydrogen (secondary N) is 1. The number of phenolic OH excluding ortho intramolecular Hbond substituents is 1. The maximum absolute atomic E-state index is 13.3. The summed E-state index contributed by atoms with van der Waals surface area (Å²) in [6, 6.07) is 26.0. The molecule has 5 rings (SSSR count). The Morgan fingerprint density at radius 3 is 2.25 bits per heavy atom. The molecule has 0 unspecified atom stereocenters. The van der Waals surface area contributed by atoms with E-state index < -0.39 is 16.0 Å². The maximum atomic E-state index is 13.3. The summed E-state index contributed by atoms with van der Waals surface area (Å²) in [7, 11) is -2.59. The third-order valence-electron chi connectivity index (χ3n) is 6.17. The van der Waals surface area contributed by atoms with E-state index in [4.69, 9.17) is 4.74 Å². The van der Waals surface area contributed by atoms with Crippen molar-refractivity contribution in [2.24, 2.45) is 0 Å². The molecule has 0 aliphatic carbocycles. The Bertz CT molecular complexity index is 1740. The first-order valence-corrected chi connectivity index (χ1v) is 12.7. The molecular formula is C29H23NO5S. The largest absolute Gasteiger partial charge is 0.507 e. The van der Waals surface area contributed by atoms with Crippen LogP contribution in [0.5, 0.6) is 5.75 Å². The molecule has 0 spiro atoms. The van der Waals surface area contributed by atoms with Gasteiger partial charge in [-0.15, -0.1) is 0 Å². The third kappa shape index (κ3) is 4.14. The Kier molecular flexibility index (Phi) is 5.86. The number of sulfonamides is 1. The second kappa shape index (κ2) is 9.02. The lowest BCUT2D eigenvalue weighted by Gasteiger charge is -2.18. The summed E-state index contributed by atoms with van der Waals surface area (Å²) in [6.07, 6.45) is 0. The van der Waals surface area contributed by atoms with Crippen LogP contribution in [-0.2, 0) is 14.8 Å². The van der Waals surface area contributed by atoms with E-state index >= 15 is 0 Å². The van der Waals surface area contributed by atoms with Gasteiger partial charge in [0.15, 0.2) is 0 Å². The predicted octanol–water partition coefficient (Wildman–Crippen LogP) is 6.26. The summed E-state index contributed by atoms with van der Waals surface area (Å²) in [4.78, 5) is 12.2. The van der Waals surface area contributed by atoms with Gasteiger partial charge in [-0.3, -0.25) is 4.72 Å². The van der Waals surface area contributed by atoms with Crippen LogP contribution in [0, 0.1) is 6.92 Å². The number of phenols is 1. The molecular weight excluding hydrogens is 474 g/mol. The van der Waals surface area contributed by atoms with Gasteiger partial charge in [0.25, 0.3) is 10.0 Å². The molecule has 2 N–H and O–H groups in total.